The van der Waals surface area contributed by atoms with E-state index in [-0.39, 0.29) is 29.4 Å². The van der Waals surface area contributed by atoms with E-state index in [1.54, 1.807) is 23.8 Å². The van der Waals surface area contributed by atoms with E-state index in [1.165, 1.54) is 11.8 Å². The first kappa shape index (κ1) is 28.7. The van der Waals surface area contributed by atoms with E-state index < -0.39 is 0 Å². The van der Waals surface area contributed by atoms with Crippen LogP contribution in [-0.4, -0.2) is 61.3 Å². The molecule has 0 saturated carbocycles. The lowest BCUT2D eigenvalue weighted by atomic mass is 9.99. The average Bonchev–Trinajstić information content (AvgIpc) is 3.33. The predicted molar refractivity (Wildman–Crippen MR) is 163 cm³/mol. The molecule has 0 spiro atoms. The molecule has 0 fully saturated rings. The Bertz CT molecular complexity index is 1510. The van der Waals surface area contributed by atoms with Gasteiger partial charge in [0.25, 0.3) is 0 Å². The number of fused-ring (bicyclic) bond motifs is 1. The molecule has 0 unspecified atom stereocenters. The van der Waals surface area contributed by atoms with Crippen LogP contribution in [0.1, 0.15) is 22.8 Å². The lowest BCUT2D eigenvalue weighted by Gasteiger charge is -2.23. The Hall–Kier alpha value is -3.79. The highest BCUT2D eigenvalue weighted by atomic mass is 35.5. The highest BCUT2D eigenvalue weighted by Crippen LogP contribution is 2.49. The molecule has 1 N–H and O–H groups in total. The fourth-order valence-corrected chi connectivity index (χ4v) is 6.35. The van der Waals surface area contributed by atoms with E-state index >= 15 is 0 Å². The van der Waals surface area contributed by atoms with Gasteiger partial charge in [0.1, 0.15) is 18.1 Å². The van der Waals surface area contributed by atoms with Gasteiger partial charge >= 0.3 is 0 Å². The second-order valence-corrected chi connectivity index (χ2v) is 11.0. The maximum absolute atomic E-state index is 13.8. The second-order valence-electron chi connectivity index (χ2n) is 9.45. The molecule has 0 bridgehead atoms. The number of carbonyl (C=O) groups is 2. The zero-order valence-electron chi connectivity index (χ0n) is 22.9. The Labute approximate surface area is 248 Å². The van der Waals surface area contributed by atoms with Crippen LogP contribution in [0.3, 0.4) is 0 Å². The number of aromatic nitrogens is 2. The van der Waals surface area contributed by atoms with Crippen molar-refractivity contribution in [2.24, 2.45) is 0 Å². The number of halogens is 1. The molecule has 0 aliphatic carbocycles. The number of anilines is 1. The molecule has 4 aromatic rings. The number of thioether (sulfide) groups is 1. The van der Waals surface area contributed by atoms with Gasteiger partial charge in [0.05, 0.1) is 29.5 Å². The van der Waals surface area contributed by atoms with Crippen LogP contribution in [0.5, 0.6) is 5.75 Å². The predicted octanol–water partition coefficient (Wildman–Crippen LogP) is 5.52. The summed E-state index contributed by atoms with van der Waals surface area (Å²) in [5.41, 5.74) is 4.04. The van der Waals surface area contributed by atoms with E-state index in [0.717, 1.165) is 22.4 Å². The van der Waals surface area contributed by atoms with Crippen molar-refractivity contribution < 1.29 is 19.1 Å². The molecule has 2 heterocycles. The van der Waals surface area contributed by atoms with Crippen molar-refractivity contribution in [1.29, 1.82) is 0 Å². The highest BCUT2D eigenvalue weighted by molar-refractivity contribution is 8.00. The SMILES string of the molecule is COCCCNC(=O)CN1C(=O)CS[C@@H](c2ccccc2Cl)c2c(-c3ccccc3)nn(-c3ccc(OC)cc3)c21. The molecule has 0 saturated heterocycles. The van der Waals surface area contributed by atoms with Gasteiger partial charge in [-0.15, -0.1) is 11.8 Å². The Morgan fingerprint density at radius 1 is 1.05 bits per heavy atom. The van der Waals surface area contributed by atoms with E-state index in [2.05, 4.69) is 5.32 Å². The smallest absolute Gasteiger partial charge is 0.240 e. The number of nitrogens with zero attached hydrogens (tertiary/aromatic N) is 3. The summed E-state index contributed by atoms with van der Waals surface area (Å²) in [7, 11) is 3.23. The van der Waals surface area contributed by atoms with Crippen molar-refractivity contribution >= 4 is 41.0 Å². The number of amides is 2. The molecule has 3 aromatic carbocycles. The minimum atomic E-state index is -0.306. The number of benzene rings is 3. The summed E-state index contributed by atoms with van der Waals surface area (Å²) >= 11 is 8.23. The molecule has 41 heavy (non-hydrogen) atoms. The number of methoxy groups -OCH3 is 2. The molecular weight excluding hydrogens is 560 g/mol. The molecule has 1 aromatic heterocycles. The van der Waals surface area contributed by atoms with Crippen LogP contribution in [0.2, 0.25) is 5.02 Å². The monoisotopic (exact) mass is 590 g/mol. The van der Waals surface area contributed by atoms with Crippen LogP contribution in [-0.2, 0) is 14.3 Å². The van der Waals surface area contributed by atoms with Gasteiger partial charge in [-0.05, 0) is 42.3 Å². The first-order valence-corrected chi connectivity index (χ1v) is 14.7. The average molecular weight is 591 g/mol. The van der Waals surface area contributed by atoms with E-state index in [1.807, 2.05) is 78.9 Å². The summed E-state index contributed by atoms with van der Waals surface area (Å²) in [5, 5.41) is 8.30. The van der Waals surface area contributed by atoms with Crippen molar-refractivity contribution in [2.45, 2.75) is 11.7 Å². The maximum atomic E-state index is 13.8. The van der Waals surface area contributed by atoms with Crippen LogP contribution in [0, 0.1) is 0 Å². The number of carbonyl (C=O) groups excluding carboxylic acids is 2. The summed E-state index contributed by atoms with van der Waals surface area (Å²) in [6, 6.07) is 25.0. The van der Waals surface area contributed by atoms with E-state index in [4.69, 9.17) is 26.2 Å². The molecule has 5 rings (SSSR count). The molecule has 1 atom stereocenters. The summed E-state index contributed by atoms with van der Waals surface area (Å²) in [4.78, 5) is 28.5. The fourth-order valence-electron chi connectivity index (χ4n) is 4.81. The number of ether oxygens (including phenoxy) is 2. The Morgan fingerprint density at radius 3 is 2.49 bits per heavy atom. The largest absolute Gasteiger partial charge is 0.497 e. The van der Waals surface area contributed by atoms with Gasteiger partial charge in [-0.2, -0.15) is 5.10 Å². The first-order valence-electron chi connectivity index (χ1n) is 13.3. The van der Waals surface area contributed by atoms with Crippen LogP contribution in [0.25, 0.3) is 16.9 Å². The summed E-state index contributed by atoms with van der Waals surface area (Å²) in [6.45, 7) is 0.837. The standard InChI is InChI=1S/C31H31ClN4O4S/c1-39-18-8-17-33-26(37)19-35-27(38)20-41-30(24-11-6-7-12-25(24)32)28-29(21-9-4-3-5-10-21)34-36(31(28)35)22-13-15-23(40-2)16-14-22/h3-7,9-16,30H,8,17-20H2,1-2H3,(H,33,37)/t30-/m0/s1. The molecule has 1 aliphatic heterocycles. The third kappa shape index (κ3) is 6.27. The van der Waals surface area contributed by atoms with Crippen molar-refractivity contribution in [1.82, 2.24) is 15.1 Å². The van der Waals surface area contributed by atoms with Gasteiger partial charge in [0.2, 0.25) is 11.8 Å². The van der Waals surface area contributed by atoms with Gasteiger partial charge < -0.3 is 14.8 Å². The molecule has 8 nitrogen and oxygen atoms in total. The van der Waals surface area contributed by atoms with Crippen molar-refractivity contribution in [3.63, 3.8) is 0 Å². The third-order valence-electron chi connectivity index (χ3n) is 6.79. The maximum Gasteiger partial charge on any atom is 0.240 e. The van der Waals surface area contributed by atoms with Crippen molar-refractivity contribution in [3.8, 4) is 22.7 Å². The molecule has 2 amide bonds. The number of hydrogen-bond donors (Lipinski definition) is 1. The summed E-state index contributed by atoms with van der Waals surface area (Å²) in [5.74, 6) is 0.958. The van der Waals surface area contributed by atoms with Crippen LogP contribution < -0.4 is 15.0 Å². The van der Waals surface area contributed by atoms with Crippen LogP contribution >= 0.6 is 23.4 Å². The van der Waals surface area contributed by atoms with Gasteiger partial charge in [-0.1, -0.05) is 60.1 Å². The minimum absolute atomic E-state index is 0.148. The normalized spacial score (nSPS) is 14.9. The van der Waals surface area contributed by atoms with Crippen molar-refractivity contribution in [3.05, 3.63) is 95.0 Å². The van der Waals surface area contributed by atoms with Crippen molar-refractivity contribution in [2.75, 3.05) is 44.6 Å². The zero-order valence-corrected chi connectivity index (χ0v) is 24.5. The molecule has 10 heteroatoms. The summed E-state index contributed by atoms with van der Waals surface area (Å²) < 4.78 is 12.2. The van der Waals surface area contributed by atoms with Gasteiger partial charge in [-0.3, -0.25) is 14.5 Å². The fraction of sp³-hybridized carbons (Fsp3) is 0.258. The Morgan fingerprint density at radius 2 is 1.78 bits per heavy atom. The second kappa shape index (κ2) is 13.2. The minimum Gasteiger partial charge on any atom is -0.497 e. The third-order valence-corrected chi connectivity index (χ3v) is 8.37. The quantitative estimate of drug-likeness (QED) is 0.245. The molecule has 212 valence electrons. The Balaban J connectivity index is 1.71. The van der Waals surface area contributed by atoms with E-state index in [0.29, 0.717) is 41.9 Å². The van der Waals surface area contributed by atoms with Gasteiger partial charge in [0, 0.05) is 36.4 Å². The Kier molecular flexibility index (Phi) is 9.28. The van der Waals surface area contributed by atoms with Crippen LogP contribution in [0.15, 0.2) is 78.9 Å². The lowest BCUT2D eigenvalue weighted by Crippen LogP contribution is -2.42. The number of nitrogens with one attached hydrogen (secondary N) is 1. The molecule has 1 aliphatic rings. The molecule has 0 radical (unpaired) electrons. The summed E-state index contributed by atoms with van der Waals surface area (Å²) in [6.07, 6.45) is 0.674. The number of rotatable bonds is 10. The highest BCUT2D eigenvalue weighted by Gasteiger charge is 2.38. The first-order chi connectivity index (χ1) is 20.0. The lowest BCUT2D eigenvalue weighted by molar-refractivity contribution is -0.122. The zero-order chi connectivity index (χ0) is 28.8. The van der Waals surface area contributed by atoms with Gasteiger partial charge in [0.15, 0.2) is 0 Å². The van der Waals surface area contributed by atoms with E-state index in [9.17, 15) is 9.59 Å². The van der Waals surface area contributed by atoms with Gasteiger partial charge in [-0.25, -0.2) is 4.68 Å². The number of hydrogen-bond acceptors (Lipinski definition) is 6. The van der Waals surface area contributed by atoms with Crippen LogP contribution in [0.4, 0.5) is 5.82 Å². The topological polar surface area (TPSA) is 85.7 Å². The molecular formula is C31H31ClN4O4S.